The molecule has 2 aliphatic heterocycles. The molecule has 2 aliphatic rings. The topological polar surface area (TPSA) is 129 Å². The largest absolute Gasteiger partial charge is 0.486 e. The summed E-state index contributed by atoms with van der Waals surface area (Å²) >= 11 is 0. The lowest BCUT2D eigenvalue weighted by Gasteiger charge is -2.30. The van der Waals surface area contributed by atoms with E-state index in [0.29, 0.717) is 48.9 Å². The first-order valence-corrected chi connectivity index (χ1v) is 12.0. The number of fused-ring (bicyclic) bond motifs is 1. The SMILES string of the molecule is O=C(Nc1ccc2c(c1)OCCO2)C1CCN(S(=O)(=O)c2ccc(-n3cnnn3)cc2)CC1. The van der Waals surface area contributed by atoms with Gasteiger partial charge in [-0.25, -0.2) is 13.1 Å². The smallest absolute Gasteiger partial charge is 0.243 e. The molecule has 1 N–H and O–H groups in total. The Morgan fingerprint density at radius 3 is 2.42 bits per heavy atom. The maximum absolute atomic E-state index is 13.0. The van der Waals surface area contributed by atoms with Gasteiger partial charge in [-0.15, -0.1) is 5.10 Å². The lowest BCUT2D eigenvalue weighted by atomic mass is 9.97. The number of tetrazole rings is 1. The van der Waals surface area contributed by atoms with Gasteiger partial charge in [0, 0.05) is 30.8 Å². The molecular formula is C21H22N6O5S. The molecule has 1 saturated heterocycles. The van der Waals surface area contributed by atoms with Crippen LogP contribution in [0.4, 0.5) is 5.69 Å². The van der Waals surface area contributed by atoms with Crippen molar-refractivity contribution in [1.82, 2.24) is 24.5 Å². The summed E-state index contributed by atoms with van der Waals surface area (Å²) in [6.45, 7) is 1.52. The molecule has 0 saturated carbocycles. The summed E-state index contributed by atoms with van der Waals surface area (Å²) in [5, 5.41) is 13.8. The number of amides is 1. The van der Waals surface area contributed by atoms with E-state index >= 15 is 0 Å². The number of hydrogen-bond donors (Lipinski definition) is 1. The van der Waals surface area contributed by atoms with E-state index in [0.717, 1.165) is 0 Å². The molecule has 0 bridgehead atoms. The zero-order valence-electron chi connectivity index (χ0n) is 17.6. The van der Waals surface area contributed by atoms with Crippen LogP contribution in [0.2, 0.25) is 0 Å². The van der Waals surface area contributed by atoms with Crippen molar-refractivity contribution in [3.8, 4) is 17.2 Å². The molecule has 0 aliphatic carbocycles. The van der Waals surface area contributed by atoms with E-state index in [-0.39, 0.29) is 29.8 Å². The van der Waals surface area contributed by atoms with Gasteiger partial charge in [0.05, 0.1) is 10.6 Å². The Morgan fingerprint density at radius 1 is 1.00 bits per heavy atom. The van der Waals surface area contributed by atoms with Crippen LogP contribution in [0.1, 0.15) is 12.8 Å². The Bertz CT molecular complexity index is 1240. The molecule has 1 aromatic heterocycles. The summed E-state index contributed by atoms with van der Waals surface area (Å²) in [7, 11) is -3.66. The second-order valence-electron chi connectivity index (χ2n) is 7.77. The van der Waals surface area contributed by atoms with E-state index < -0.39 is 10.0 Å². The molecule has 33 heavy (non-hydrogen) atoms. The van der Waals surface area contributed by atoms with Crippen LogP contribution in [-0.4, -0.2) is 65.1 Å². The van der Waals surface area contributed by atoms with Gasteiger partial charge >= 0.3 is 0 Å². The normalized spacial score (nSPS) is 17.0. The second-order valence-corrected chi connectivity index (χ2v) is 9.71. The molecule has 0 unspecified atom stereocenters. The van der Waals surface area contributed by atoms with E-state index in [1.165, 1.54) is 27.4 Å². The molecule has 1 amide bonds. The number of anilines is 1. The summed E-state index contributed by atoms with van der Waals surface area (Å²) < 4.78 is 40.0. The number of nitrogens with zero attached hydrogens (tertiary/aromatic N) is 5. The minimum Gasteiger partial charge on any atom is -0.486 e. The van der Waals surface area contributed by atoms with Gasteiger partial charge in [0.1, 0.15) is 19.5 Å². The maximum atomic E-state index is 13.0. The van der Waals surface area contributed by atoms with Crippen LogP contribution in [0.25, 0.3) is 5.69 Å². The van der Waals surface area contributed by atoms with Crippen molar-refractivity contribution in [2.24, 2.45) is 5.92 Å². The number of sulfonamides is 1. The third kappa shape index (κ3) is 4.39. The van der Waals surface area contributed by atoms with Crippen molar-refractivity contribution < 1.29 is 22.7 Å². The quantitative estimate of drug-likeness (QED) is 0.594. The van der Waals surface area contributed by atoms with Crippen LogP contribution in [0.3, 0.4) is 0 Å². The molecule has 11 nitrogen and oxygen atoms in total. The Morgan fingerprint density at radius 2 is 1.73 bits per heavy atom. The maximum Gasteiger partial charge on any atom is 0.243 e. The zero-order chi connectivity index (χ0) is 22.8. The highest BCUT2D eigenvalue weighted by Gasteiger charge is 2.32. The van der Waals surface area contributed by atoms with Crippen LogP contribution < -0.4 is 14.8 Å². The highest BCUT2D eigenvalue weighted by Crippen LogP contribution is 2.33. The molecule has 3 heterocycles. The lowest BCUT2D eigenvalue weighted by Crippen LogP contribution is -2.41. The van der Waals surface area contributed by atoms with E-state index in [4.69, 9.17) is 9.47 Å². The van der Waals surface area contributed by atoms with Gasteiger partial charge in [0.2, 0.25) is 15.9 Å². The number of hydrogen-bond acceptors (Lipinski definition) is 8. The fourth-order valence-corrected chi connectivity index (χ4v) is 5.39. The highest BCUT2D eigenvalue weighted by molar-refractivity contribution is 7.89. The number of benzene rings is 2. The zero-order valence-corrected chi connectivity index (χ0v) is 18.4. The minimum atomic E-state index is -3.66. The number of aromatic nitrogens is 4. The van der Waals surface area contributed by atoms with E-state index in [1.807, 2.05) is 0 Å². The van der Waals surface area contributed by atoms with Crippen LogP contribution in [-0.2, 0) is 14.8 Å². The van der Waals surface area contributed by atoms with Crippen molar-refractivity contribution in [3.63, 3.8) is 0 Å². The molecule has 2 aromatic carbocycles. The average Bonchev–Trinajstić information content (AvgIpc) is 3.39. The van der Waals surface area contributed by atoms with E-state index in [9.17, 15) is 13.2 Å². The molecule has 0 spiro atoms. The molecular weight excluding hydrogens is 448 g/mol. The van der Waals surface area contributed by atoms with Gasteiger partial charge in [-0.3, -0.25) is 4.79 Å². The van der Waals surface area contributed by atoms with Gasteiger partial charge in [0.15, 0.2) is 11.5 Å². The summed E-state index contributed by atoms with van der Waals surface area (Å²) in [5.74, 6) is 0.858. The van der Waals surface area contributed by atoms with Gasteiger partial charge in [-0.2, -0.15) is 4.31 Å². The molecule has 0 atom stereocenters. The third-order valence-corrected chi connectivity index (χ3v) is 7.64. The number of ether oxygens (including phenoxy) is 2. The van der Waals surface area contributed by atoms with Crippen LogP contribution in [0, 0.1) is 5.92 Å². The fraction of sp³-hybridized carbons (Fsp3) is 0.333. The molecule has 12 heteroatoms. The Kier molecular flexibility index (Phi) is 5.68. The van der Waals surface area contributed by atoms with Crippen molar-refractivity contribution in [2.75, 3.05) is 31.6 Å². The monoisotopic (exact) mass is 470 g/mol. The molecule has 5 rings (SSSR count). The lowest BCUT2D eigenvalue weighted by molar-refractivity contribution is -0.120. The number of carbonyl (C=O) groups is 1. The summed E-state index contributed by atoms with van der Waals surface area (Å²) in [4.78, 5) is 12.9. The fourth-order valence-electron chi connectivity index (χ4n) is 3.92. The number of nitrogens with one attached hydrogen (secondary N) is 1. The van der Waals surface area contributed by atoms with Crippen LogP contribution >= 0.6 is 0 Å². The predicted octanol–water partition coefficient (Wildman–Crippen LogP) is 1.47. The number of piperidine rings is 1. The second kappa shape index (κ2) is 8.79. The molecule has 3 aromatic rings. The van der Waals surface area contributed by atoms with Crippen molar-refractivity contribution in [3.05, 3.63) is 48.8 Å². The van der Waals surface area contributed by atoms with Crippen molar-refractivity contribution >= 4 is 21.6 Å². The van der Waals surface area contributed by atoms with Crippen LogP contribution in [0.15, 0.2) is 53.7 Å². The van der Waals surface area contributed by atoms with Gasteiger partial charge in [-0.05, 0) is 59.7 Å². The summed E-state index contributed by atoms with van der Waals surface area (Å²) in [6.07, 6.45) is 2.32. The van der Waals surface area contributed by atoms with E-state index in [2.05, 4.69) is 20.8 Å². The molecule has 172 valence electrons. The Hall–Kier alpha value is -3.51. The molecule has 1 fully saturated rings. The van der Waals surface area contributed by atoms with Gasteiger partial charge < -0.3 is 14.8 Å². The first-order chi connectivity index (χ1) is 16.0. The van der Waals surface area contributed by atoms with Crippen molar-refractivity contribution in [1.29, 1.82) is 0 Å². The third-order valence-electron chi connectivity index (χ3n) is 5.72. The molecule has 0 radical (unpaired) electrons. The van der Waals surface area contributed by atoms with Gasteiger partial charge in [-0.1, -0.05) is 0 Å². The van der Waals surface area contributed by atoms with Crippen molar-refractivity contribution in [2.45, 2.75) is 17.7 Å². The first-order valence-electron chi connectivity index (χ1n) is 10.5. The predicted molar refractivity (Wildman–Crippen MR) is 117 cm³/mol. The first kappa shape index (κ1) is 21.3. The summed E-state index contributed by atoms with van der Waals surface area (Å²) in [6, 6.07) is 11.6. The van der Waals surface area contributed by atoms with Crippen LogP contribution in [0.5, 0.6) is 11.5 Å². The van der Waals surface area contributed by atoms with Gasteiger partial charge in [0.25, 0.3) is 0 Å². The summed E-state index contributed by atoms with van der Waals surface area (Å²) in [5.41, 5.74) is 1.29. The Balaban J connectivity index is 1.20. The standard InChI is InChI=1S/C21H22N6O5S/c28-21(23-16-1-6-19-20(13-16)32-12-11-31-19)15-7-9-26(10-8-15)33(29,30)18-4-2-17(3-5-18)27-14-22-24-25-27/h1-6,13-15H,7-12H2,(H,23,28). The minimum absolute atomic E-state index is 0.130. The highest BCUT2D eigenvalue weighted by atomic mass is 32.2. The van der Waals surface area contributed by atoms with E-state index in [1.54, 1.807) is 30.3 Å². The number of carbonyl (C=O) groups excluding carboxylic acids is 1. The average molecular weight is 471 g/mol. The Labute approximate surface area is 190 Å². The number of rotatable bonds is 5.